The second-order valence-corrected chi connectivity index (χ2v) is 5.59. The number of carbonyl (C=O) groups is 2. The maximum absolute atomic E-state index is 12.4. The number of aliphatic hydroxyl groups excluding tert-OH is 1. The fraction of sp³-hybridized carbons (Fsp3) is 0.176. The molecule has 1 aromatic heterocycles. The van der Waals surface area contributed by atoms with Crippen LogP contribution in [0.15, 0.2) is 58.4 Å². The van der Waals surface area contributed by atoms with Gasteiger partial charge in [0.25, 0.3) is 11.6 Å². The molecule has 1 aliphatic rings. The minimum Gasteiger partial charge on any atom is -0.503 e. The third-order valence-electron chi connectivity index (χ3n) is 3.99. The van der Waals surface area contributed by atoms with Crippen LogP contribution in [0.5, 0.6) is 0 Å². The van der Waals surface area contributed by atoms with Crippen molar-refractivity contribution < 1.29 is 24.0 Å². The zero-order chi connectivity index (χ0) is 18.1. The lowest BCUT2D eigenvalue weighted by Crippen LogP contribution is -2.30. The average molecular weight is 342 g/mol. The Kier molecular flexibility index (Phi) is 4.10. The summed E-state index contributed by atoms with van der Waals surface area (Å²) in [7, 11) is 0. The topological polar surface area (TPSA) is 114 Å². The van der Waals surface area contributed by atoms with Gasteiger partial charge in [0.05, 0.1) is 29.3 Å². The molecule has 0 saturated heterocycles. The quantitative estimate of drug-likeness (QED) is 0.660. The first kappa shape index (κ1) is 16.4. The number of ketones is 1. The molecule has 8 heteroatoms. The molecule has 3 rings (SSSR count). The van der Waals surface area contributed by atoms with Gasteiger partial charge in [-0.25, -0.2) is 0 Å². The molecule has 0 radical (unpaired) electrons. The van der Waals surface area contributed by atoms with Gasteiger partial charge in [-0.05, 0) is 24.6 Å². The minimum atomic E-state index is -0.921. The van der Waals surface area contributed by atoms with Gasteiger partial charge in [-0.1, -0.05) is 12.1 Å². The van der Waals surface area contributed by atoms with Crippen molar-refractivity contribution in [2.45, 2.75) is 19.5 Å². The molecule has 1 unspecified atom stereocenters. The number of Topliss-reactive ketones (excluding diaryl/α,β-unsaturated/α-hetero) is 1. The maximum Gasteiger partial charge on any atom is 0.290 e. The predicted octanol–water partition coefficient (Wildman–Crippen LogP) is 2.67. The summed E-state index contributed by atoms with van der Waals surface area (Å²) >= 11 is 0. The van der Waals surface area contributed by atoms with Crippen molar-refractivity contribution in [2.24, 2.45) is 0 Å². The van der Waals surface area contributed by atoms with Gasteiger partial charge in [0, 0.05) is 12.1 Å². The monoisotopic (exact) mass is 342 g/mol. The SMILES string of the molecule is CC(=O)C1=C(O)C(=O)N(Cc2ccco2)C1c1cccc([N+](=O)[O-])c1. The second kappa shape index (κ2) is 6.23. The number of carbonyl (C=O) groups excluding carboxylic acids is 2. The second-order valence-electron chi connectivity index (χ2n) is 5.59. The summed E-state index contributed by atoms with van der Waals surface area (Å²) in [6, 6.07) is 8.02. The lowest BCUT2D eigenvalue weighted by molar-refractivity contribution is -0.384. The van der Waals surface area contributed by atoms with E-state index < -0.39 is 28.4 Å². The summed E-state index contributed by atoms with van der Waals surface area (Å²) in [6.45, 7) is 1.25. The molecule has 1 amide bonds. The van der Waals surface area contributed by atoms with Crippen molar-refractivity contribution >= 4 is 17.4 Å². The lowest BCUT2D eigenvalue weighted by Gasteiger charge is -2.25. The number of furan rings is 1. The molecular weight excluding hydrogens is 328 g/mol. The summed E-state index contributed by atoms with van der Waals surface area (Å²) in [5.41, 5.74) is 0.109. The molecule has 1 aromatic carbocycles. The van der Waals surface area contributed by atoms with Gasteiger partial charge in [0.1, 0.15) is 5.76 Å². The number of amides is 1. The summed E-state index contributed by atoms with van der Waals surface area (Å²) in [5, 5.41) is 21.2. The van der Waals surface area contributed by atoms with Crippen LogP contribution in [0.1, 0.15) is 24.3 Å². The van der Waals surface area contributed by atoms with Crippen LogP contribution in [0.25, 0.3) is 0 Å². The summed E-state index contributed by atoms with van der Waals surface area (Å²) < 4.78 is 5.23. The zero-order valence-electron chi connectivity index (χ0n) is 13.2. The highest BCUT2D eigenvalue weighted by Gasteiger charge is 2.43. The number of nitro benzene ring substituents is 1. The molecule has 0 bridgehead atoms. The van der Waals surface area contributed by atoms with E-state index in [2.05, 4.69) is 0 Å². The fourth-order valence-corrected chi connectivity index (χ4v) is 2.90. The van der Waals surface area contributed by atoms with Gasteiger partial charge < -0.3 is 14.4 Å². The molecule has 25 heavy (non-hydrogen) atoms. The fourth-order valence-electron chi connectivity index (χ4n) is 2.90. The number of rotatable bonds is 5. The Labute approximate surface area is 142 Å². The Morgan fingerprint density at radius 3 is 2.72 bits per heavy atom. The van der Waals surface area contributed by atoms with Gasteiger partial charge in [-0.2, -0.15) is 0 Å². The highest BCUT2D eigenvalue weighted by molar-refractivity contribution is 6.08. The van der Waals surface area contributed by atoms with Gasteiger partial charge in [-0.3, -0.25) is 19.7 Å². The molecule has 2 heterocycles. The molecule has 128 valence electrons. The number of aliphatic hydroxyl groups is 1. The first-order chi connectivity index (χ1) is 11.9. The smallest absolute Gasteiger partial charge is 0.290 e. The maximum atomic E-state index is 12.4. The Hall–Kier alpha value is -3.42. The van der Waals surface area contributed by atoms with Crippen molar-refractivity contribution in [1.29, 1.82) is 0 Å². The number of nitro groups is 1. The molecule has 2 aromatic rings. The molecule has 0 saturated carbocycles. The van der Waals surface area contributed by atoms with Crippen molar-refractivity contribution in [3.63, 3.8) is 0 Å². The van der Waals surface area contributed by atoms with E-state index in [0.29, 0.717) is 11.3 Å². The van der Waals surface area contributed by atoms with Crippen molar-refractivity contribution in [3.8, 4) is 0 Å². The number of nitrogens with zero attached hydrogens (tertiary/aromatic N) is 2. The molecular formula is C17H14N2O6. The molecule has 0 fully saturated rings. The van der Waals surface area contributed by atoms with Gasteiger partial charge in [0.15, 0.2) is 11.5 Å². The molecule has 0 spiro atoms. The van der Waals surface area contributed by atoms with Crippen molar-refractivity contribution in [3.05, 3.63) is 75.4 Å². The highest BCUT2D eigenvalue weighted by atomic mass is 16.6. The highest BCUT2D eigenvalue weighted by Crippen LogP contribution is 2.39. The van der Waals surface area contributed by atoms with E-state index in [1.807, 2.05) is 0 Å². The van der Waals surface area contributed by atoms with E-state index in [1.165, 1.54) is 36.3 Å². The van der Waals surface area contributed by atoms with Crippen molar-refractivity contribution in [1.82, 2.24) is 4.90 Å². The van der Waals surface area contributed by atoms with Crippen LogP contribution in [0, 0.1) is 10.1 Å². The van der Waals surface area contributed by atoms with E-state index >= 15 is 0 Å². The molecule has 0 aliphatic carbocycles. The van der Waals surface area contributed by atoms with Gasteiger partial charge in [-0.15, -0.1) is 0 Å². The van der Waals surface area contributed by atoms with Crippen LogP contribution >= 0.6 is 0 Å². The van der Waals surface area contributed by atoms with Crippen LogP contribution in [-0.2, 0) is 16.1 Å². The van der Waals surface area contributed by atoms with E-state index in [1.54, 1.807) is 18.2 Å². The molecule has 8 nitrogen and oxygen atoms in total. The summed E-state index contributed by atoms with van der Waals surface area (Å²) in [4.78, 5) is 36.2. The lowest BCUT2D eigenvalue weighted by atomic mass is 9.96. The predicted molar refractivity (Wildman–Crippen MR) is 85.4 cm³/mol. The van der Waals surface area contributed by atoms with Gasteiger partial charge >= 0.3 is 0 Å². The minimum absolute atomic E-state index is 0.0139. The van der Waals surface area contributed by atoms with Crippen LogP contribution in [0.2, 0.25) is 0 Å². The van der Waals surface area contributed by atoms with E-state index in [9.17, 15) is 24.8 Å². The third kappa shape index (κ3) is 2.89. The number of hydrogen-bond donors (Lipinski definition) is 1. The normalized spacial score (nSPS) is 17.2. The Morgan fingerprint density at radius 1 is 1.36 bits per heavy atom. The first-order valence-corrected chi connectivity index (χ1v) is 7.42. The zero-order valence-corrected chi connectivity index (χ0v) is 13.2. The molecule has 1 aliphatic heterocycles. The van der Waals surface area contributed by atoms with Gasteiger partial charge in [0.2, 0.25) is 0 Å². The Morgan fingerprint density at radius 2 is 2.12 bits per heavy atom. The van der Waals surface area contributed by atoms with Crippen LogP contribution in [0.3, 0.4) is 0 Å². The van der Waals surface area contributed by atoms with Crippen LogP contribution in [-0.4, -0.2) is 26.6 Å². The largest absolute Gasteiger partial charge is 0.503 e. The number of hydrogen-bond acceptors (Lipinski definition) is 6. The molecule has 1 N–H and O–H groups in total. The Bertz CT molecular complexity index is 884. The van der Waals surface area contributed by atoms with E-state index in [0.717, 1.165) is 0 Å². The first-order valence-electron chi connectivity index (χ1n) is 7.42. The number of benzene rings is 1. The molecule has 1 atom stereocenters. The van der Waals surface area contributed by atoms with Crippen LogP contribution in [0.4, 0.5) is 5.69 Å². The number of non-ortho nitro benzene ring substituents is 1. The van der Waals surface area contributed by atoms with Crippen LogP contribution < -0.4 is 0 Å². The third-order valence-corrected chi connectivity index (χ3v) is 3.99. The summed E-state index contributed by atoms with van der Waals surface area (Å²) in [6.07, 6.45) is 1.44. The van der Waals surface area contributed by atoms with Crippen molar-refractivity contribution in [2.75, 3.05) is 0 Å². The van der Waals surface area contributed by atoms with E-state index in [4.69, 9.17) is 4.42 Å². The summed E-state index contributed by atoms with van der Waals surface area (Å²) in [5.74, 6) is -1.39. The average Bonchev–Trinajstić information content (AvgIpc) is 3.17. The Balaban J connectivity index is 2.09. The van der Waals surface area contributed by atoms with E-state index in [-0.39, 0.29) is 17.8 Å². The standard InChI is InChI=1S/C17H14N2O6/c1-10(20)14-15(11-4-2-5-12(8-11)19(23)24)18(17(22)16(14)21)9-13-6-3-7-25-13/h2-8,15,21H,9H2,1H3.